The molecule has 0 aliphatic rings. The molecule has 1 aromatic carbocycles. The van der Waals surface area contributed by atoms with Crippen molar-refractivity contribution in [2.45, 2.75) is 31.7 Å². The number of benzene rings is 1. The third kappa shape index (κ3) is 5.69. The van der Waals surface area contributed by atoms with Gasteiger partial charge in [-0.15, -0.1) is 0 Å². The number of methoxy groups -OCH3 is 1. The number of hydrogen-bond acceptors (Lipinski definition) is 4. The van der Waals surface area contributed by atoms with Crippen molar-refractivity contribution in [1.82, 2.24) is 4.72 Å². The average Bonchev–Trinajstić information content (AvgIpc) is 2.37. The molecule has 2 N–H and O–H groups in total. The molecule has 0 saturated carbocycles. The molecule has 1 atom stereocenters. The molecule has 0 aliphatic heterocycles. The van der Waals surface area contributed by atoms with Crippen molar-refractivity contribution >= 4 is 10.0 Å². The smallest absolute Gasteiger partial charge is 0.216 e. The van der Waals surface area contributed by atoms with Crippen molar-refractivity contribution in [3.8, 4) is 0 Å². The van der Waals surface area contributed by atoms with Crippen LogP contribution in [0, 0.1) is 0 Å². The highest BCUT2D eigenvalue weighted by Gasteiger charge is 2.17. The Bertz CT molecular complexity index is 487. The van der Waals surface area contributed by atoms with E-state index in [0.29, 0.717) is 24.2 Å². The van der Waals surface area contributed by atoms with Crippen molar-refractivity contribution in [3.63, 3.8) is 0 Å². The van der Waals surface area contributed by atoms with Gasteiger partial charge >= 0.3 is 0 Å². The summed E-state index contributed by atoms with van der Waals surface area (Å²) < 4.78 is 31.6. The molecule has 5 nitrogen and oxygen atoms in total. The van der Waals surface area contributed by atoms with E-state index in [0.717, 1.165) is 0 Å². The van der Waals surface area contributed by atoms with E-state index in [1.807, 2.05) is 6.92 Å². The third-order valence-electron chi connectivity index (χ3n) is 2.74. The fourth-order valence-electron chi connectivity index (χ4n) is 1.77. The lowest BCUT2D eigenvalue weighted by Crippen LogP contribution is -2.38. The highest BCUT2D eigenvalue weighted by Crippen LogP contribution is 2.09. The van der Waals surface area contributed by atoms with Crippen LogP contribution in [0.4, 0.5) is 0 Å². The second-order valence-electron chi connectivity index (χ2n) is 4.42. The van der Waals surface area contributed by atoms with Crippen LogP contribution < -0.4 is 4.72 Å². The predicted molar refractivity (Wildman–Crippen MR) is 74.1 cm³/mol. The van der Waals surface area contributed by atoms with Gasteiger partial charge in [0.1, 0.15) is 0 Å². The molecule has 19 heavy (non-hydrogen) atoms. The molecule has 0 amide bonds. The Hall–Kier alpha value is -0.950. The topological polar surface area (TPSA) is 75.6 Å². The fraction of sp³-hybridized carbons (Fsp3) is 0.538. The predicted octanol–water partition coefficient (Wildman–Crippen LogP) is 1.02. The first-order valence-corrected chi connectivity index (χ1v) is 7.83. The Kier molecular flexibility index (Phi) is 6.44. The van der Waals surface area contributed by atoms with E-state index in [2.05, 4.69) is 4.72 Å². The normalized spacial score (nSPS) is 13.4. The molecular weight excluding hydrogens is 266 g/mol. The van der Waals surface area contributed by atoms with E-state index in [-0.39, 0.29) is 18.4 Å². The molecule has 6 heteroatoms. The molecule has 108 valence electrons. The maximum Gasteiger partial charge on any atom is 0.216 e. The Morgan fingerprint density at radius 2 is 2.05 bits per heavy atom. The van der Waals surface area contributed by atoms with Crippen molar-refractivity contribution in [1.29, 1.82) is 0 Å². The molecule has 1 unspecified atom stereocenters. The van der Waals surface area contributed by atoms with Gasteiger partial charge in [0.2, 0.25) is 10.0 Å². The summed E-state index contributed by atoms with van der Waals surface area (Å²) in [5.41, 5.74) is 1.36. The molecule has 1 rings (SSSR count). The van der Waals surface area contributed by atoms with Crippen LogP contribution in [0.2, 0.25) is 0 Å². The average molecular weight is 287 g/mol. The minimum absolute atomic E-state index is 0.0947. The van der Waals surface area contributed by atoms with Crippen LogP contribution in [0.3, 0.4) is 0 Å². The van der Waals surface area contributed by atoms with E-state index in [1.54, 1.807) is 31.4 Å². The number of sulfonamides is 1. The Morgan fingerprint density at radius 1 is 1.37 bits per heavy atom. The van der Waals surface area contributed by atoms with Gasteiger partial charge in [0, 0.05) is 13.2 Å². The summed E-state index contributed by atoms with van der Waals surface area (Å²) in [5.74, 6) is -0.0962. The lowest BCUT2D eigenvalue weighted by atomic mass is 10.1. The lowest BCUT2D eigenvalue weighted by molar-refractivity contribution is 0.173. The van der Waals surface area contributed by atoms with E-state index >= 15 is 0 Å². The standard InChI is InChI=1S/C13H21NO4S/c1-3-13(9-18-2)14-19(16,17)10-12-6-4-5-11(7-12)8-15/h4-7,13-15H,3,8-10H2,1-2H3. The molecular formula is C13H21NO4S. The van der Waals surface area contributed by atoms with Gasteiger partial charge in [0.25, 0.3) is 0 Å². The summed E-state index contributed by atoms with van der Waals surface area (Å²) in [5, 5.41) is 9.03. The van der Waals surface area contributed by atoms with Gasteiger partial charge in [0.15, 0.2) is 0 Å². The number of rotatable bonds is 8. The first-order chi connectivity index (χ1) is 9.00. The maximum atomic E-state index is 12.0. The number of ether oxygens (including phenoxy) is 1. The SMILES string of the molecule is CCC(COC)NS(=O)(=O)Cc1cccc(CO)c1. The van der Waals surface area contributed by atoms with Crippen molar-refractivity contribution in [2.75, 3.05) is 13.7 Å². The van der Waals surface area contributed by atoms with Crippen molar-refractivity contribution in [2.24, 2.45) is 0 Å². The van der Waals surface area contributed by atoms with Gasteiger partial charge in [-0.1, -0.05) is 31.2 Å². The second-order valence-corrected chi connectivity index (χ2v) is 6.17. The summed E-state index contributed by atoms with van der Waals surface area (Å²) in [6, 6.07) is 6.70. The third-order valence-corrected chi connectivity index (χ3v) is 4.14. The largest absolute Gasteiger partial charge is 0.392 e. The minimum atomic E-state index is -3.40. The molecule has 0 radical (unpaired) electrons. The number of hydrogen-bond donors (Lipinski definition) is 2. The van der Waals surface area contributed by atoms with Gasteiger partial charge in [-0.2, -0.15) is 0 Å². The van der Waals surface area contributed by atoms with Crippen LogP contribution in [0.25, 0.3) is 0 Å². The van der Waals surface area contributed by atoms with E-state index in [9.17, 15) is 8.42 Å². The zero-order chi connectivity index (χ0) is 14.3. The van der Waals surface area contributed by atoms with E-state index in [1.165, 1.54) is 0 Å². The summed E-state index contributed by atoms with van der Waals surface area (Å²) in [4.78, 5) is 0. The Balaban J connectivity index is 2.72. The monoisotopic (exact) mass is 287 g/mol. The summed E-state index contributed by atoms with van der Waals surface area (Å²) >= 11 is 0. The van der Waals surface area contributed by atoms with E-state index in [4.69, 9.17) is 9.84 Å². The highest BCUT2D eigenvalue weighted by molar-refractivity contribution is 7.88. The Morgan fingerprint density at radius 3 is 2.63 bits per heavy atom. The summed E-state index contributed by atoms with van der Waals surface area (Å²) in [6.45, 7) is 2.16. The van der Waals surface area contributed by atoms with Crippen LogP contribution in [-0.4, -0.2) is 33.3 Å². The van der Waals surface area contributed by atoms with Crippen molar-refractivity contribution < 1.29 is 18.3 Å². The number of aliphatic hydroxyl groups is 1. The number of nitrogens with one attached hydrogen (secondary N) is 1. The zero-order valence-electron chi connectivity index (χ0n) is 11.3. The minimum Gasteiger partial charge on any atom is -0.392 e. The van der Waals surface area contributed by atoms with Gasteiger partial charge in [-0.25, -0.2) is 13.1 Å². The van der Waals surface area contributed by atoms with Gasteiger partial charge in [-0.3, -0.25) is 0 Å². The fourth-order valence-corrected chi connectivity index (χ4v) is 3.21. The zero-order valence-corrected chi connectivity index (χ0v) is 12.1. The van der Waals surface area contributed by atoms with E-state index < -0.39 is 10.0 Å². The van der Waals surface area contributed by atoms with Gasteiger partial charge < -0.3 is 9.84 Å². The first-order valence-electron chi connectivity index (χ1n) is 6.18. The van der Waals surface area contributed by atoms with Crippen LogP contribution >= 0.6 is 0 Å². The van der Waals surface area contributed by atoms with Crippen LogP contribution in [0.15, 0.2) is 24.3 Å². The maximum absolute atomic E-state index is 12.0. The van der Waals surface area contributed by atoms with Crippen LogP contribution in [0.5, 0.6) is 0 Å². The lowest BCUT2D eigenvalue weighted by Gasteiger charge is -2.16. The van der Waals surface area contributed by atoms with Crippen molar-refractivity contribution in [3.05, 3.63) is 35.4 Å². The van der Waals surface area contributed by atoms with Gasteiger partial charge in [-0.05, 0) is 17.5 Å². The molecule has 0 aromatic heterocycles. The van der Waals surface area contributed by atoms with Crippen LogP contribution in [-0.2, 0) is 27.1 Å². The quantitative estimate of drug-likeness (QED) is 0.748. The summed E-state index contributed by atoms with van der Waals surface area (Å²) in [7, 11) is -1.86. The molecule has 1 aromatic rings. The molecule has 0 spiro atoms. The molecule has 0 saturated heterocycles. The molecule has 0 fully saturated rings. The Labute approximate surface area is 114 Å². The van der Waals surface area contributed by atoms with Crippen LogP contribution in [0.1, 0.15) is 24.5 Å². The molecule has 0 aliphatic carbocycles. The second kappa shape index (κ2) is 7.59. The summed E-state index contributed by atoms with van der Waals surface area (Å²) in [6.07, 6.45) is 0.670. The number of aliphatic hydroxyl groups excluding tert-OH is 1. The van der Waals surface area contributed by atoms with Gasteiger partial charge in [0.05, 0.1) is 19.0 Å². The highest BCUT2D eigenvalue weighted by atomic mass is 32.2. The first kappa shape index (κ1) is 16.1. The molecule has 0 heterocycles. The molecule has 0 bridgehead atoms.